The van der Waals surface area contributed by atoms with Crippen molar-refractivity contribution >= 4 is 48.8 Å². The minimum absolute atomic E-state index is 0.259. The van der Waals surface area contributed by atoms with Crippen molar-refractivity contribution in [1.82, 2.24) is 8.87 Å². The zero-order valence-corrected chi connectivity index (χ0v) is 18.5. The number of thiophene rings is 1. The molecule has 1 aromatic carbocycles. The van der Waals surface area contributed by atoms with Crippen LogP contribution in [0.15, 0.2) is 44.9 Å². The number of rotatable bonds is 4. The van der Waals surface area contributed by atoms with Gasteiger partial charge < -0.3 is 9.30 Å². The molecule has 1 aliphatic rings. The number of ether oxygens (including phenoxy) is 1. The van der Waals surface area contributed by atoms with Gasteiger partial charge in [0.25, 0.3) is 15.9 Å². The Balaban J connectivity index is 1.73. The highest BCUT2D eigenvalue weighted by Gasteiger charge is 2.38. The van der Waals surface area contributed by atoms with E-state index in [9.17, 15) is 13.2 Å². The lowest BCUT2D eigenvalue weighted by Gasteiger charge is -2.31. The molecule has 154 valence electrons. The Bertz CT molecular complexity index is 1210. The quantitative estimate of drug-likeness (QED) is 0.611. The Kier molecular flexibility index (Phi) is 5.60. The summed E-state index contributed by atoms with van der Waals surface area (Å²) in [4.78, 5) is 17.9. The van der Waals surface area contributed by atoms with E-state index in [1.165, 1.54) is 15.6 Å². The second-order valence-corrected chi connectivity index (χ2v) is 10.8. The maximum Gasteiger partial charge on any atom is 0.266 e. The lowest BCUT2D eigenvalue weighted by atomic mass is 10.0. The number of aryl methyl sites for hydroxylation is 1. The molecule has 1 amide bonds. The molecule has 0 N–H and O–H groups in total. The van der Waals surface area contributed by atoms with Crippen molar-refractivity contribution in [2.45, 2.75) is 29.5 Å². The normalized spacial score (nSPS) is 19.0. The summed E-state index contributed by atoms with van der Waals surface area (Å²) in [6.07, 6.45) is 2.02. The summed E-state index contributed by atoms with van der Waals surface area (Å²) in [5, 5.41) is 1.72. The van der Waals surface area contributed by atoms with Crippen LogP contribution in [0, 0.1) is 0 Å². The largest absolute Gasteiger partial charge is 0.495 e. The Hall–Kier alpha value is -2.01. The molecule has 0 spiro atoms. The van der Waals surface area contributed by atoms with Gasteiger partial charge in [-0.25, -0.2) is 8.42 Å². The van der Waals surface area contributed by atoms with Crippen LogP contribution in [0.2, 0.25) is 0 Å². The molecule has 1 aliphatic heterocycles. The standard InChI is InChI=1S/C19H21N3O4S3/c1-21-17-14(26-2)8-5-9-15(17)28-19(21)20-18(23)13-7-3-4-11-22(13)29(24,25)16-10-6-12-27-16/h5-6,8-10,12-13H,3-4,7,11H2,1-2H3/t13-/m0/s1. The van der Waals surface area contributed by atoms with E-state index in [1.807, 2.05) is 29.8 Å². The minimum atomic E-state index is -3.70. The number of carbonyl (C=O) groups is 1. The van der Waals surface area contributed by atoms with E-state index in [-0.39, 0.29) is 4.21 Å². The number of fused-ring (bicyclic) bond motifs is 1. The van der Waals surface area contributed by atoms with E-state index < -0.39 is 22.0 Å². The molecule has 1 saturated heterocycles. The lowest BCUT2D eigenvalue weighted by molar-refractivity contribution is -0.122. The molecule has 1 fully saturated rings. The fourth-order valence-electron chi connectivity index (χ4n) is 3.57. The average Bonchev–Trinajstić information content (AvgIpc) is 3.37. The van der Waals surface area contributed by atoms with E-state index in [0.717, 1.165) is 34.4 Å². The molecule has 0 bridgehead atoms. The number of amides is 1. The van der Waals surface area contributed by atoms with Crippen LogP contribution in [0.4, 0.5) is 0 Å². The lowest BCUT2D eigenvalue weighted by Crippen LogP contribution is -2.47. The van der Waals surface area contributed by atoms with Gasteiger partial charge in [-0.2, -0.15) is 9.30 Å². The van der Waals surface area contributed by atoms with Crippen LogP contribution in [0.5, 0.6) is 5.75 Å². The van der Waals surface area contributed by atoms with Crippen LogP contribution in [0.25, 0.3) is 10.2 Å². The van der Waals surface area contributed by atoms with Gasteiger partial charge in [0.1, 0.15) is 21.5 Å². The maximum absolute atomic E-state index is 13.1. The SMILES string of the molecule is COc1cccc2sc(=NC(=O)[C@@H]3CCCCN3S(=O)(=O)c3cccs3)n(C)c12. The van der Waals surface area contributed by atoms with Crippen molar-refractivity contribution < 1.29 is 17.9 Å². The summed E-state index contributed by atoms with van der Waals surface area (Å²) in [5.74, 6) is 0.278. The Morgan fingerprint density at radius 1 is 1.24 bits per heavy atom. The summed E-state index contributed by atoms with van der Waals surface area (Å²) in [5.41, 5.74) is 0.859. The first-order valence-corrected chi connectivity index (χ1v) is 12.3. The van der Waals surface area contributed by atoms with Gasteiger partial charge in [0.15, 0.2) is 4.80 Å². The Morgan fingerprint density at radius 2 is 2.07 bits per heavy atom. The van der Waals surface area contributed by atoms with E-state index >= 15 is 0 Å². The van der Waals surface area contributed by atoms with Gasteiger partial charge in [0.2, 0.25) is 0 Å². The number of methoxy groups -OCH3 is 1. The number of thiazole rings is 1. The molecule has 29 heavy (non-hydrogen) atoms. The van der Waals surface area contributed by atoms with Crippen LogP contribution in [0.3, 0.4) is 0 Å². The fourth-order valence-corrected chi connectivity index (χ4v) is 7.39. The van der Waals surface area contributed by atoms with Crippen LogP contribution in [0.1, 0.15) is 19.3 Å². The van der Waals surface area contributed by atoms with Gasteiger partial charge in [-0.1, -0.05) is 29.9 Å². The van der Waals surface area contributed by atoms with E-state index in [4.69, 9.17) is 4.74 Å². The van der Waals surface area contributed by atoms with Gasteiger partial charge in [0.05, 0.1) is 11.8 Å². The van der Waals surface area contributed by atoms with Crippen molar-refractivity contribution in [2.24, 2.45) is 12.0 Å². The molecular formula is C19H21N3O4S3. The second-order valence-electron chi connectivity index (χ2n) is 6.76. The number of sulfonamides is 1. The van der Waals surface area contributed by atoms with Gasteiger partial charge >= 0.3 is 0 Å². The summed E-state index contributed by atoms with van der Waals surface area (Å²) in [6.45, 7) is 0.332. The molecule has 1 atom stereocenters. The number of hydrogen-bond acceptors (Lipinski definition) is 6. The number of para-hydroxylation sites is 1. The smallest absolute Gasteiger partial charge is 0.266 e. The van der Waals surface area contributed by atoms with Gasteiger partial charge in [-0.05, 0) is 36.4 Å². The molecular weight excluding hydrogens is 430 g/mol. The first kappa shape index (κ1) is 20.3. The van der Waals surface area contributed by atoms with Crippen molar-refractivity contribution in [2.75, 3.05) is 13.7 Å². The number of carbonyl (C=O) groups excluding carboxylic acids is 1. The highest BCUT2D eigenvalue weighted by atomic mass is 32.2. The number of nitrogens with zero attached hydrogens (tertiary/aromatic N) is 3. The van der Waals surface area contributed by atoms with E-state index in [1.54, 1.807) is 24.6 Å². The van der Waals surface area contributed by atoms with Crippen molar-refractivity contribution in [3.63, 3.8) is 0 Å². The molecule has 0 aliphatic carbocycles. The van der Waals surface area contributed by atoms with Crippen LogP contribution >= 0.6 is 22.7 Å². The summed E-state index contributed by atoms with van der Waals surface area (Å²) >= 11 is 2.55. The summed E-state index contributed by atoms with van der Waals surface area (Å²) < 4.78 is 35.8. The summed E-state index contributed by atoms with van der Waals surface area (Å²) in [7, 11) is -0.274. The Labute approximate surface area is 176 Å². The predicted molar refractivity (Wildman–Crippen MR) is 114 cm³/mol. The molecule has 0 radical (unpaired) electrons. The summed E-state index contributed by atoms with van der Waals surface area (Å²) in [6, 6.07) is 8.19. The van der Waals surface area contributed by atoms with Crippen LogP contribution in [-0.4, -0.2) is 42.9 Å². The third kappa shape index (κ3) is 3.65. The maximum atomic E-state index is 13.1. The zero-order valence-electron chi connectivity index (χ0n) is 16.1. The highest BCUT2D eigenvalue weighted by molar-refractivity contribution is 7.91. The first-order chi connectivity index (χ1) is 13.9. The van der Waals surface area contributed by atoms with E-state index in [0.29, 0.717) is 23.5 Å². The molecule has 2 aromatic heterocycles. The molecule has 10 heteroatoms. The van der Waals surface area contributed by atoms with Crippen LogP contribution in [-0.2, 0) is 21.9 Å². The first-order valence-electron chi connectivity index (χ1n) is 9.20. The van der Waals surface area contributed by atoms with Gasteiger partial charge in [0, 0.05) is 13.6 Å². The topological polar surface area (TPSA) is 81.0 Å². The fraction of sp³-hybridized carbons (Fsp3) is 0.368. The third-order valence-corrected chi connectivity index (χ3v) is 9.39. The van der Waals surface area contributed by atoms with Crippen molar-refractivity contribution in [3.05, 3.63) is 40.5 Å². The molecule has 3 aromatic rings. The number of aromatic nitrogens is 1. The molecule has 0 unspecified atom stereocenters. The number of hydrogen-bond donors (Lipinski definition) is 0. The molecule has 3 heterocycles. The molecule has 4 rings (SSSR count). The monoisotopic (exact) mass is 451 g/mol. The number of piperidine rings is 1. The van der Waals surface area contributed by atoms with Crippen LogP contribution < -0.4 is 9.54 Å². The predicted octanol–water partition coefficient (Wildman–Crippen LogP) is 2.98. The molecule has 0 saturated carbocycles. The third-order valence-electron chi connectivity index (χ3n) is 5.01. The van der Waals surface area contributed by atoms with Crippen molar-refractivity contribution in [3.8, 4) is 5.75 Å². The Morgan fingerprint density at radius 3 is 2.79 bits per heavy atom. The average molecular weight is 452 g/mol. The number of benzene rings is 1. The highest BCUT2D eigenvalue weighted by Crippen LogP contribution is 2.29. The zero-order chi connectivity index (χ0) is 20.6. The minimum Gasteiger partial charge on any atom is -0.495 e. The van der Waals surface area contributed by atoms with Crippen molar-refractivity contribution in [1.29, 1.82) is 0 Å². The van der Waals surface area contributed by atoms with Gasteiger partial charge in [-0.3, -0.25) is 4.79 Å². The van der Waals surface area contributed by atoms with E-state index in [2.05, 4.69) is 4.99 Å². The van der Waals surface area contributed by atoms with Gasteiger partial charge in [-0.15, -0.1) is 11.3 Å². The second kappa shape index (κ2) is 8.02. The molecule has 7 nitrogen and oxygen atoms in total.